The van der Waals surface area contributed by atoms with E-state index in [0.29, 0.717) is 22.6 Å². The van der Waals surface area contributed by atoms with E-state index < -0.39 is 0 Å². The number of halogens is 3. The van der Waals surface area contributed by atoms with Crippen LogP contribution in [0.5, 0.6) is 0 Å². The molecule has 0 N–H and O–H groups in total. The summed E-state index contributed by atoms with van der Waals surface area (Å²) in [5, 5.41) is 4.97. The normalized spacial score (nSPS) is 15.1. The van der Waals surface area contributed by atoms with Crippen molar-refractivity contribution in [3.8, 4) is 5.69 Å². The summed E-state index contributed by atoms with van der Waals surface area (Å²) in [7, 11) is 0. The highest BCUT2D eigenvalue weighted by Crippen LogP contribution is 2.43. The number of hydrogen-bond donors (Lipinski definition) is 0. The SMILES string of the molecule is Fc1cccc(-n2nc(C3CC3)c(CCl)c2Cl)c1. The monoisotopic (exact) mass is 284 g/mol. The Morgan fingerprint density at radius 3 is 2.78 bits per heavy atom. The highest BCUT2D eigenvalue weighted by molar-refractivity contribution is 6.31. The fraction of sp³-hybridized carbons (Fsp3) is 0.308. The summed E-state index contributed by atoms with van der Waals surface area (Å²) in [6, 6.07) is 6.22. The Hall–Kier alpha value is -1.06. The van der Waals surface area contributed by atoms with E-state index in [2.05, 4.69) is 5.10 Å². The molecule has 2 nitrogen and oxygen atoms in total. The standard InChI is InChI=1S/C13H11Cl2FN2/c14-7-11-12(8-4-5-8)17-18(13(11)15)10-3-1-2-9(16)6-10/h1-3,6,8H,4-5,7H2. The number of nitrogens with zero attached hydrogens (tertiary/aromatic N) is 2. The van der Waals surface area contributed by atoms with Gasteiger partial charge in [-0.1, -0.05) is 17.7 Å². The Morgan fingerprint density at radius 1 is 1.39 bits per heavy atom. The van der Waals surface area contributed by atoms with E-state index in [1.54, 1.807) is 16.8 Å². The zero-order valence-corrected chi connectivity index (χ0v) is 11.0. The van der Waals surface area contributed by atoms with Gasteiger partial charge in [0.15, 0.2) is 0 Å². The highest BCUT2D eigenvalue weighted by atomic mass is 35.5. The Kier molecular flexibility index (Phi) is 3.04. The second kappa shape index (κ2) is 4.56. The molecule has 0 aliphatic heterocycles. The van der Waals surface area contributed by atoms with Crippen molar-refractivity contribution in [2.75, 3.05) is 0 Å². The van der Waals surface area contributed by atoms with E-state index in [9.17, 15) is 4.39 Å². The fourth-order valence-electron chi connectivity index (χ4n) is 2.03. The predicted molar refractivity (Wildman–Crippen MR) is 70.1 cm³/mol. The zero-order valence-electron chi connectivity index (χ0n) is 9.54. The van der Waals surface area contributed by atoms with Gasteiger partial charge in [0.05, 0.1) is 17.3 Å². The van der Waals surface area contributed by atoms with E-state index >= 15 is 0 Å². The van der Waals surface area contributed by atoms with Crippen LogP contribution in [0, 0.1) is 5.82 Å². The lowest BCUT2D eigenvalue weighted by atomic mass is 10.2. The summed E-state index contributed by atoms with van der Waals surface area (Å²) in [5.41, 5.74) is 2.45. The quantitative estimate of drug-likeness (QED) is 0.769. The van der Waals surface area contributed by atoms with Crippen LogP contribution in [0.3, 0.4) is 0 Å². The Balaban J connectivity index is 2.12. The molecule has 1 aromatic carbocycles. The molecule has 1 aromatic heterocycles. The van der Waals surface area contributed by atoms with Crippen LogP contribution >= 0.6 is 23.2 Å². The number of benzene rings is 1. The summed E-state index contributed by atoms with van der Waals surface area (Å²) in [6.45, 7) is 0. The van der Waals surface area contributed by atoms with Crippen molar-refractivity contribution >= 4 is 23.2 Å². The van der Waals surface area contributed by atoms with Crippen molar-refractivity contribution in [3.63, 3.8) is 0 Å². The lowest BCUT2D eigenvalue weighted by Crippen LogP contribution is -1.97. The van der Waals surface area contributed by atoms with Gasteiger partial charge in [-0.05, 0) is 31.0 Å². The third-order valence-electron chi connectivity index (χ3n) is 3.10. The molecule has 1 fully saturated rings. The van der Waals surface area contributed by atoms with Crippen molar-refractivity contribution in [2.24, 2.45) is 0 Å². The van der Waals surface area contributed by atoms with Gasteiger partial charge < -0.3 is 0 Å². The maximum Gasteiger partial charge on any atom is 0.137 e. The number of aromatic nitrogens is 2. The third-order valence-corrected chi connectivity index (χ3v) is 3.76. The van der Waals surface area contributed by atoms with Gasteiger partial charge in [-0.2, -0.15) is 5.10 Å². The molecule has 1 saturated carbocycles. The van der Waals surface area contributed by atoms with Gasteiger partial charge in [-0.25, -0.2) is 9.07 Å². The molecule has 0 radical (unpaired) electrons. The Labute approximate surface area is 114 Å². The van der Waals surface area contributed by atoms with E-state index in [1.165, 1.54) is 12.1 Å². The molecule has 0 bridgehead atoms. The van der Waals surface area contributed by atoms with Crippen LogP contribution < -0.4 is 0 Å². The number of rotatable bonds is 3. The van der Waals surface area contributed by atoms with Crippen LogP contribution in [0.1, 0.15) is 30.0 Å². The first-order valence-corrected chi connectivity index (χ1v) is 6.71. The van der Waals surface area contributed by atoms with Gasteiger partial charge >= 0.3 is 0 Å². The maximum atomic E-state index is 13.2. The number of alkyl halides is 1. The van der Waals surface area contributed by atoms with Crippen LogP contribution in [-0.4, -0.2) is 9.78 Å². The van der Waals surface area contributed by atoms with Crippen LogP contribution in [0.15, 0.2) is 24.3 Å². The van der Waals surface area contributed by atoms with Gasteiger partial charge in [0.2, 0.25) is 0 Å². The lowest BCUT2D eigenvalue weighted by Gasteiger charge is -2.02. The van der Waals surface area contributed by atoms with Crippen molar-refractivity contribution in [3.05, 3.63) is 46.5 Å². The lowest BCUT2D eigenvalue weighted by molar-refractivity contribution is 0.625. The smallest absolute Gasteiger partial charge is 0.137 e. The summed E-state index contributed by atoms with van der Waals surface area (Å²) >= 11 is 12.2. The van der Waals surface area contributed by atoms with Gasteiger partial charge in [-0.15, -0.1) is 11.6 Å². The van der Waals surface area contributed by atoms with Crippen LogP contribution in [0.25, 0.3) is 5.69 Å². The minimum Gasteiger partial charge on any atom is -0.221 e. The highest BCUT2D eigenvalue weighted by Gasteiger charge is 2.31. The molecule has 0 spiro atoms. The molecule has 5 heteroatoms. The van der Waals surface area contributed by atoms with Crippen molar-refractivity contribution in [1.82, 2.24) is 9.78 Å². The molecular formula is C13H11Cl2FN2. The summed E-state index contributed by atoms with van der Waals surface area (Å²) in [4.78, 5) is 0. The van der Waals surface area contributed by atoms with Gasteiger partial charge in [-0.3, -0.25) is 0 Å². The van der Waals surface area contributed by atoms with Gasteiger partial charge in [0.25, 0.3) is 0 Å². The van der Waals surface area contributed by atoms with E-state index in [1.807, 2.05) is 0 Å². The molecule has 1 aliphatic carbocycles. The molecule has 94 valence electrons. The molecule has 2 aromatic rings. The Bertz CT molecular complexity index is 591. The first-order chi connectivity index (χ1) is 8.70. The second-order valence-corrected chi connectivity index (χ2v) is 5.08. The van der Waals surface area contributed by atoms with Crippen LogP contribution in [-0.2, 0) is 5.88 Å². The average Bonchev–Trinajstić information content (AvgIpc) is 3.13. The Morgan fingerprint density at radius 2 is 2.17 bits per heavy atom. The fourth-order valence-corrected chi connectivity index (χ4v) is 2.66. The average molecular weight is 285 g/mol. The number of hydrogen-bond acceptors (Lipinski definition) is 1. The van der Waals surface area contributed by atoms with Crippen LogP contribution in [0.4, 0.5) is 4.39 Å². The van der Waals surface area contributed by atoms with Gasteiger partial charge in [0.1, 0.15) is 11.0 Å². The minimum atomic E-state index is -0.306. The molecule has 1 aliphatic rings. The summed E-state index contributed by atoms with van der Waals surface area (Å²) in [6.07, 6.45) is 2.25. The predicted octanol–water partition coefficient (Wildman–Crippen LogP) is 4.28. The largest absolute Gasteiger partial charge is 0.221 e. The maximum absolute atomic E-state index is 13.2. The zero-order chi connectivity index (χ0) is 12.7. The topological polar surface area (TPSA) is 17.8 Å². The molecule has 0 amide bonds. The first kappa shape index (κ1) is 12.0. The molecule has 0 unspecified atom stereocenters. The molecule has 0 saturated heterocycles. The first-order valence-electron chi connectivity index (χ1n) is 5.80. The molecule has 0 atom stereocenters. The third kappa shape index (κ3) is 2.02. The molecular weight excluding hydrogens is 274 g/mol. The summed E-state index contributed by atoms with van der Waals surface area (Å²) < 4.78 is 14.8. The van der Waals surface area contributed by atoms with Crippen LogP contribution in [0.2, 0.25) is 5.15 Å². The van der Waals surface area contributed by atoms with Gasteiger partial charge in [0, 0.05) is 11.5 Å². The van der Waals surface area contributed by atoms with E-state index in [0.717, 1.165) is 24.1 Å². The molecule has 18 heavy (non-hydrogen) atoms. The van der Waals surface area contributed by atoms with E-state index in [-0.39, 0.29) is 5.82 Å². The summed E-state index contributed by atoms with van der Waals surface area (Å²) in [5.74, 6) is 0.491. The van der Waals surface area contributed by atoms with Crippen molar-refractivity contribution < 1.29 is 4.39 Å². The molecule has 3 rings (SSSR count). The second-order valence-electron chi connectivity index (χ2n) is 4.45. The van der Waals surface area contributed by atoms with E-state index in [4.69, 9.17) is 23.2 Å². The minimum absolute atomic E-state index is 0.306. The van der Waals surface area contributed by atoms with Crippen molar-refractivity contribution in [2.45, 2.75) is 24.6 Å². The molecule has 1 heterocycles. The van der Waals surface area contributed by atoms with Crippen molar-refractivity contribution in [1.29, 1.82) is 0 Å².